The Morgan fingerprint density at radius 3 is 2.94 bits per heavy atom. The summed E-state index contributed by atoms with van der Waals surface area (Å²) in [5, 5.41) is 9.30. The number of aliphatic hydroxyl groups is 1. The summed E-state index contributed by atoms with van der Waals surface area (Å²) < 4.78 is 4.64. The highest BCUT2D eigenvalue weighted by molar-refractivity contribution is 5.91. The zero-order valence-electron chi connectivity index (χ0n) is 9.20. The van der Waals surface area contributed by atoms with Gasteiger partial charge in [0.2, 0.25) is 0 Å². The van der Waals surface area contributed by atoms with Crippen molar-refractivity contribution in [1.82, 2.24) is 5.43 Å². The number of aliphatic hydroxyl groups excluding tert-OH is 1. The van der Waals surface area contributed by atoms with Crippen molar-refractivity contribution in [1.29, 1.82) is 0 Å². The summed E-state index contributed by atoms with van der Waals surface area (Å²) in [5.74, 6) is -0.373. The maximum absolute atomic E-state index is 11.3. The van der Waals surface area contributed by atoms with Crippen LogP contribution in [0.4, 0.5) is 5.69 Å². The van der Waals surface area contributed by atoms with E-state index in [1.807, 2.05) is 13.0 Å². The smallest absolute Gasteiger partial charge is 0.337 e. The van der Waals surface area contributed by atoms with E-state index in [9.17, 15) is 9.90 Å². The third kappa shape index (κ3) is 1.54. The molecule has 1 unspecified atom stereocenters. The summed E-state index contributed by atoms with van der Waals surface area (Å²) in [7, 11) is 1.35. The predicted octanol–water partition coefficient (Wildman–Crippen LogP) is 0.611. The molecule has 0 aliphatic carbocycles. The van der Waals surface area contributed by atoms with Crippen LogP contribution in [0.1, 0.15) is 22.8 Å². The number of hydrogen-bond donors (Lipinski definition) is 3. The fourth-order valence-corrected chi connectivity index (χ4v) is 1.77. The molecule has 86 valence electrons. The number of ether oxygens (including phenoxy) is 1. The zero-order valence-corrected chi connectivity index (χ0v) is 9.20. The molecule has 0 saturated heterocycles. The highest BCUT2D eigenvalue weighted by atomic mass is 16.5. The quantitative estimate of drug-likeness (QED) is 0.640. The van der Waals surface area contributed by atoms with Crippen LogP contribution in [0.2, 0.25) is 0 Å². The lowest BCUT2D eigenvalue weighted by atomic mass is 9.93. The van der Waals surface area contributed by atoms with E-state index in [1.54, 1.807) is 12.1 Å². The monoisotopic (exact) mass is 222 g/mol. The summed E-state index contributed by atoms with van der Waals surface area (Å²) in [4.78, 5) is 11.3. The molecule has 1 aliphatic rings. The van der Waals surface area contributed by atoms with E-state index in [0.29, 0.717) is 5.56 Å². The molecule has 0 bridgehead atoms. The first-order chi connectivity index (χ1) is 7.60. The Labute approximate surface area is 93.4 Å². The molecule has 0 spiro atoms. The number of fused-ring (bicyclic) bond motifs is 1. The standard InChI is InChI=1S/C11H14N2O3/c1-11(6-14)8-4-3-7(10(15)16-2)5-9(8)12-13-11/h3-5,12-14H,6H2,1-2H3. The van der Waals surface area contributed by atoms with Crippen LogP contribution in [0.5, 0.6) is 0 Å². The first-order valence-corrected chi connectivity index (χ1v) is 4.97. The van der Waals surface area contributed by atoms with E-state index < -0.39 is 5.54 Å². The lowest BCUT2D eigenvalue weighted by Gasteiger charge is -2.21. The van der Waals surface area contributed by atoms with Gasteiger partial charge in [-0.3, -0.25) is 0 Å². The van der Waals surface area contributed by atoms with Gasteiger partial charge in [-0.05, 0) is 19.1 Å². The molecule has 1 aliphatic heterocycles. The lowest BCUT2D eigenvalue weighted by Crippen LogP contribution is -2.39. The van der Waals surface area contributed by atoms with Crippen molar-refractivity contribution in [2.75, 3.05) is 19.1 Å². The van der Waals surface area contributed by atoms with E-state index in [2.05, 4.69) is 15.6 Å². The maximum atomic E-state index is 11.3. The first-order valence-electron chi connectivity index (χ1n) is 4.97. The molecular weight excluding hydrogens is 208 g/mol. The van der Waals surface area contributed by atoms with E-state index in [1.165, 1.54) is 7.11 Å². The van der Waals surface area contributed by atoms with Gasteiger partial charge in [0.1, 0.15) is 0 Å². The highest BCUT2D eigenvalue weighted by Gasteiger charge is 2.33. The molecule has 1 aromatic carbocycles. The Bertz CT molecular complexity index is 433. The number of carbonyl (C=O) groups is 1. The molecule has 0 amide bonds. The molecule has 1 aromatic rings. The van der Waals surface area contributed by atoms with Crippen molar-refractivity contribution < 1.29 is 14.6 Å². The van der Waals surface area contributed by atoms with Gasteiger partial charge in [0, 0.05) is 5.56 Å². The second-order valence-electron chi connectivity index (χ2n) is 3.99. The summed E-state index contributed by atoms with van der Waals surface area (Å²) in [6, 6.07) is 5.20. The van der Waals surface area contributed by atoms with Gasteiger partial charge in [0.05, 0.1) is 30.5 Å². The Balaban J connectivity index is 2.40. The highest BCUT2D eigenvalue weighted by Crippen LogP contribution is 2.33. The fraction of sp³-hybridized carbons (Fsp3) is 0.364. The van der Waals surface area contributed by atoms with Gasteiger partial charge in [0.25, 0.3) is 0 Å². The number of anilines is 1. The predicted molar refractivity (Wildman–Crippen MR) is 59.0 cm³/mol. The number of hydrazine groups is 1. The van der Waals surface area contributed by atoms with Crippen molar-refractivity contribution >= 4 is 11.7 Å². The van der Waals surface area contributed by atoms with E-state index >= 15 is 0 Å². The number of rotatable bonds is 2. The van der Waals surface area contributed by atoms with Crippen LogP contribution in [0.15, 0.2) is 18.2 Å². The molecule has 2 rings (SSSR count). The van der Waals surface area contributed by atoms with Crippen molar-refractivity contribution in [3.8, 4) is 0 Å². The second kappa shape index (κ2) is 3.77. The molecule has 5 nitrogen and oxygen atoms in total. The van der Waals surface area contributed by atoms with Gasteiger partial charge < -0.3 is 15.3 Å². The van der Waals surface area contributed by atoms with E-state index in [0.717, 1.165) is 11.3 Å². The molecule has 3 N–H and O–H groups in total. The molecule has 0 fully saturated rings. The molecule has 0 radical (unpaired) electrons. The molecule has 1 heterocycles. The number of carbonyl (C=O) groups excluding carboxylic acids is 1. The van der Waals surface area contributed by atoms with E-state index in [-0.39, 0.29) is 12.6 Å². The van der Waals surface area contributed by atoms with Crippen LogP contribution in [0, 0.1) is 0 Å². The van der Waals surface area contributed by atoms with Crippen LogP contribution in [0.3, 0.4) is 0 Å². The van der Waals surface area contributed by atoms with E-state index in [4.69, 9.17) is 0 Å². The van der Waals surface area contributed by atoms with Crippen molar-refractivity contribution in [2.45, 2.75) is 12.5 Å². The molecule has 0 aromatic heterocycles. The fourth-order valence-electron chi connectivity index (χ4n) is 1.77. The van der Waals surface area contributed by atoms with Crippen molar-refractivity contribution in [3.63, 3.8) is 0 Å². The Morgan fingerprint density at radius 2 is 2.31 bits per heavy atom. The number of esters is 1. The average Bonchev–Trinajstić information content (AvgIpc) is 2.66. The van der Waals surface area contributed by atoms with Crippen molar-refractivity contribution in [2.24, 2.45) is 0 Å². The number of nitrogens with one attached hydrogen (secondary N) is 2. The second-order valence-corrected chi connectivity index (χ2v) is 3.99. The zero-order chi connectivity index (χ0) is 11.8. The van der Waals surface area contributed by atoms with Crippen LogP contribution < -0.4 is 10.9 Å². The van der Waals surface area contributed by atoms with Gasteiger partial charge >= 0.3 is 5.97 Å². The van der Waals surface area contributed by atoms with Gasteiger partial charge in [-0.15, -0.1) is 0 Å². The number of hydrogen-bond acceptors (Lipinski definition) is 5. The third-order valence-corrected chi connectivity index (χ3v) is 2.82. The van der Waals surface area contributed by atoms with Crippen LogP contribution in [-0.4, -0.2) is 24.8 Å². The first kappa shape index (κ1) is 10.9. The van der Waals surface area contributed by atoms with Gasteiger partial charge in [-0.25, -0.2) is 10.2 Å². The molecule has 5 heteroatoms. The summed E-state index contributed by atoms with van der Waals surface area (Å²) >= 11 is 0. The maximum Gasteiger partial charge on any atom is 0.337 e. The van der Waals surface area contributed by atoms with Gasteiger partial charge in [-0.2, -0.15) is 0 Å². The molecule has 16 heavy (non-hydrogen) atoms. The minimum absolute atomic E-state index is 0.0232. The largest absolute Gasteiger partial charge is 0.465 e. The summed E-state index contributed by atoms with van der Waals surface area (Å²) in [6.07, 6.45) is 0. The van der Waals surface area contributed by atoms with Gasteiger partial charge in [0.15, 0.2) is 0 Å². The lowest BCUT2D eigenvalue weighted by molar-refractivity contribution is 0.0601. The molecular formula is C11H14N2O3. The number of benzene rings is 1. The number of methoxy groups -OCH3 is 1. The summed E-state index contributed by atoms with van der Waals surface area (Å²) in [6.45, 7) is 1.86. The SMILES string of the molecule is COC(=O)c1ccc2c(c1)NNC2(C)CO. The Hall–Kier alpha value is -1.59. The minimum Gasteiger partial charge on any atom is -0.465 e. The third-order valence-electron chi connectivity index (χ3n) is 2.82. The minimum atomic E-state index is -0.510. The van der Waals surface area contributed by atoms with Crippen molar-refractivity contribution in [3.05, 3.63) is 29.3 Å². The van der Waals surface area contributed by atoms with Crippen LogP contribution in [-0.2, 0) is 10.3 Å². The average molecular weight is 222 g/mol. The normalized spacial score (nSPS) is 22.4. The topological polar surface area (TPSA) is 70.6 Å². The molecule has 1 atom stereocenters. The Kier molecular flexibility index (Phi) is 2.57. The van der Waals surface area contributed by atoms with Gasteiger partial charge in [-0.1, -0.05) is 6.07 Å². The van der Waals surface area contributed by atoms with Crippen LogP contribution in [0.25, 0.3) is 0 Å². The molecule has 0 saturated carbocycles. The Morgan fingerprint density at radius 1 is 1.56 bits per heavy atom. The summed E-state index contributed by atoms with van der Waals surface area (Å²) in [5.41, 5.74) is 7.62. The van der Waals surface area contributed by atoms with Crippen LogP contribution >= 0.6 is 0 Å².